The van der Waals surface area contributed by atoms with Crippen molar-refractivity contribution in [3.05, 3.63) is 71.4 Å². The Labute approximate surface area is 134 Å². The summed E-state index contributed by atoms with van der Waals surface area (Å²) in [6.07, 6.45) is 1.56. The molecule has 0 saturated heterocycles. The summed E-state index contributed by atoms with van der Waals surface area (Å²) in [5.74, 6) is 1.94. The summed E-state index contributed by atoms with van der Waals surface area (Å²) in [6.45, 7) is 4.01. The Morgan fingerprint density at radius 1 is 1.13 bits per heavy atom. The quantitative estimate of drug-likeness (QED) is 0.803. The molecular formula is C18H17N3O2. The van der Waals surface area contributed by atoms with E-state index in [0.717, 1.165) is 17.1 Å². The van der Waals surface area contributed by atoms with Crippen molar-refractivity contribution < 1.29 is 9.21 Å². The predicted molar refractivity (Wildman–Crippen MR) is 86.8 cm³/mol. The maximum Gasteiger partial charge on any atom is 0.255 e. The standard InChI is InChI=1S/C18H17N3O2/c1-12-8-9-15(23-12)10-20-18(22)16-11-19-17(21-13(16)2)14-6-4-3-5-7-14/h3-9,11H,10H2,1-2H3,(H,20,22). The Hall–Kier alpha value is -2.95. The van der Waals surface area contributed by atoms with Gasteiger partial charge in [0.1, 0.15) is 11.5 Å². The van der Waals surface area contributed by atoms with Crippen LogP contribution < -0.4 is 5.32 Å². The Kier molecular flexibility index (Phi) is 4.19. The van der Waals surface area contributed by atoms with E-state index in [9.17, 15) is 4.79 Å². The number of benzene rings is 1. The molecule has 3 aromatic rings. The molecule has 23 heavy (non-hydrogen) atoms. The smallest absolute Gasteiger partial charge is 0.255 e. The van der Waals surface area contributed by atoms with Crippen LogP contribution in [0.2, 0.25) is 0 Å². The van der Waals surface area contributed by atoms with Gasteiger partial charge in [0.15, 0.2) is 5.82 Å². The number of hydrogen-bond acceptors (Lipinski definition) is 4. The molecule has 0 aliphatic heterocycles. The monoisotopic (exact) mass is 307 g/mol. The number of aryl methyl sites for hydroxylation is 2. The van der Waals surface area contributed by atoms with Crippen LogP contribution in [0.1, 0.15) is 27.6 Å². The van der Waals surface area contributed by atoms with E-state index in [4.69, 9.17) is 4.42 Å². The lowest BCUT2D eigenvalue weighted by Gasteiger charge is -2.07. The molecule has 0 spiro atoms. The fourth-order valence-corrected chi connectivity index (χ4v) is 2.26. The normalized spacial score (nSPS) is 10.5. The lowest BCUT2D eigenvalue weighted by molar-refractivity contribution is 0.0946. The van der Waals surface area contributed by atoms with Gasteiger partial charge in [-0.3, -0.25) is 4.79 Å². The van der Waals surface area contributed by atoms with E-state index in [1.165, 1.54) is 0 Å². The first-order valence-electron chi connectivity index (χ1n) is 7.36. The molecule has 2 heterocycles. The third kappa shape index (κ3) is 3.45. The average molecular weight is 307 g/mol. The SMILES string of the molecule is Cc1ccc(CNC(=O)c2cnc(-c3ccccc3)nc2C)o1. The maximum atomic E-state index is 12.3. The van der Waals surface area contributed by atoms with Crippen molar-refractivity contribution >= 4 is 5.91 Å². The zero-order valence-corrected chi connectivity index (χ0v) is 13.0. The first kappa shape index (κ1) is 15.0. The first-order valence-corrected chi connectivity index (χ1v) is 7.36. The Balaban J connectivity index is 1.74. The second-order valence-electron chi connectivity index (χ2n) is 5.25. The van der Waals surface area contributed by atoms with Gasteiger partial charge in [-0.1, -0.05) is 30.3 Å². The number of nitrogens with one attached hydrogen (secondary N) is 1. The molecule has 2 aromatic heterocycles. The van der Waals surface area contributed by atoms with E-state index < -0.39 is 0 Å². The molecular weight excluding hydrogens is 290 g/mol. The van der Waals surface area contributed by atoms with Crippen LogP contribution in [0.15, 0.2) is 53.1 Å². The summed E-state index contributed by atoms with van der Waals surface area (Å²) < 4.78 is 5.43. The van der Waals surface area contributed by atoms with Crippen molar-refractivity contribution in [1.29, 1.82) is 0 Å². The maximum absolute atomic E-state index is 12.3. The van der Waals surface area contributed by atoms with Crippen LogP contribution in [0.25, 0.3) is 11.4 Å². The van der Waals surface area contributed by atoms with Crippen LogP contribution in [0, 0.1) is 13.8 Å². The van der Waals surface area contributed by atoms with Crippen molar-refractivity contribution in [1.82, 2.24) is 15.3 Å². The molecule has 1 N–H and O–H groups in total. The van der Waals surface area contributed by atoms with Gasteiger partial charge < -0.3 is 9.73 Å². The molecule has 0 radical (unpaired) electrons. The number of rotatable bonds is 4. The minimum Gasteiger partial charge on any atom is -0.465 e. The lowest BCUT2D eigenvalue weighted by Crippen LogP contribution is -2.24. The summed E-state index contributed by atoms with van der Waals surface area (Å²) >= 11 is 0. The molecule has 1 amide bonds. The Morgan fingerprint density at radius 3 is 2.57 bits per heavy atom. The van der Waals surface area contributed by atoms with E-state index in [1.54, 1.807) is 13.1 Å². The van der Waals surface area contributed by atoms with Crippen LogP contribution in [0.3, 0.4) is 0 Å². The van der Waals surface area contributed by atoms with Crippen molar-refractivity contribution in [2.24, 2.45) is 0 Å². The summed E-state index contributed by atoms with van der Waals surface area (Å²) in [5.41, 5.74) is 2.04. The van der Waals surface area contributed by atoms with E-state index >= 15 is 0 Å². The number of aromatic nitrogens is 2. The van der Waals surface area contributed by atoms with Gasteiger partial charge in [-0.15, -0.1) is 0 Å². The third-order valence-corrected chi connectivity index (χ3v) is 3.48. The minimum absolute atomic E-state index is 0.212. The average Bonchev–Trinajstić information content (AvgIpc) is 2.99. The van der Waals surface area contributed by atoms with Crippen molar-refractivity contribution in [3.8, 4) is 11.4 Å². The van der Waals surface area contributed by atoms with Crippen LogP contribution in [0.4, 0.5) is 0 Å². The molecule has 0 aliphatic carbocycles. The molecule has 0 saturated carbocycles. The van der Waals surface area contributed by atoms with Gasteiger partial charge >= 0.3 is 0 Å². The number of amides is 1. The van der Waals surface area contributed by atoms with E-state index in [0.29, 0.717) is 23.6 Å². The van der Waals surface area contributed by atoms with Crippen LogP contribution in [-0.4, -0.2) is 15.9 Å². The summed E-state index contributed by atoms with van der Waals surface area (Å²) in [5, 5.41) is 2.82. The number of furan rings is 1. The fourth-order valence-electron chi connectivity index (χ4n) is 2.26. The molecule has 0 fully saturated rings. The number of carbonyl (C=O) groups is 1. The predicted octanol–water partition coefficient (Wildman–Crippen LogP) is 3.28. The van der Waals surface area contributed by atoms with E-state index in [1.807, 2.05) is 49.4 Å². The summed E-state index contributed by atoms with van der Waals surface area (Å²) in [6, 6.07) is 13.4. The highest BCUT2D eigenvalue weighted by atomic mass is 16.3. The number of carbonyl (C=O) groups excluding carboxylic acids is 1. The molecule has 0 bridgehead atoms. The highest BCUT2D eigenvalue weighted by Gasteiger charge is 2.13. The zero-order chi connectivity index (χ0) is 16.2. The molecule has 3 rings (SSSR count). The number of nitrogens with zero attached hydrogens (tertiary/aromatic N) is 2. The van der Waals surface area contributed by atoms with E-state index in [-0.39, 0.29) is 5.91 Å². The second kappa shape index (κ2) is 6.44. The molecule has 0 atom stereocenters. The van der Waals surface area contributed by atoms with Crippen molar-refractivity contribution in [2.45, 2.75) is 20.4 Å². The largest absolute Gasteiger partial charge is 0.465 e. The van der Waals surface area contributed by atoms with Gasteiger partial charge in [0, 0.05) is 11.8 Å². The Bertz CT molecular complexity index is 825. The topological polar surface area (TPSA) is 68.0 Å². The van der Waals surface area contributed by atoms with Gasteiger partial charge in [-0.05, 0) is 26.0 Å². The van der Waals surface area contributed by atoms with Gasteiger partial charge in [-0.25, -0.2) is 9.97 Å². The lowest BCUT2D eigenvalue weighted by atomic mass is 10.2. The van der Waals surface area contributed by atoms with Crippen LogP contribution in [-0.2, 0) is 6.54 Å². The summed E-state index contributed by atoms with van der Waals surface area (Å²) in [4.78, 5) is 21.0. The first-order chi connectivity index (χ1) is 11.1. The minimum atomic E-state index is -0.212. The molecule has 5 nitrogen and oxygen atoms in total. The molecule has 0 unspecified atom stereocenters. The molecule has 116 valence electrons. The number of hydrogen-bond donors (Lipinski definition) is 1. The van der Waals surface area contributed by atoms with Crippen LogP contribution in [0.5, 0.6) is 0 Å². The third-order valence-electron chi connectivity index (χ3n) is 3.48. The highest BCUT2D eigenvalue weighted by Crippen LogP contribution is 2.15. The van der Waals surface area contributed by atoms with Gasteiger partial charge in [0.05, 0.1) is 17.8 Å². The Morgan fingerprint density at radius 2 is 1.91 bits per heavy atom. The van der Waals surface area contributed by atoms with Gasteiger partial charge in [-0.2, -0.15) is 0 Å². The van der Waals surface area contributed by atoms with Gasteiger partial charge in [0.2, 0.25) is 0 Å². The van der Waals surface area contributed by atoms with Gasteiger partial charge in [0.25, 0.3) is 5.91 Å². The van der Waals surface area contributed by atoms with E-state index in [2.05, 4.69) is 15.3 Å². The second-order valence-corrected chi connectivity index (χ2v) is 5.25. The molecule has 0 aliphatic rings. The molecule has 1 aromatic carbocycles. The van der Waals surface area contributed by atoms with Crippen molar-refractivity contribution in [3.63, 3.8) is 0 Å². The van der Waals surface area contributed by atoms with Crippen molar-refractivity contribution in [2.75, 3.05) is 0 Å². The molecule has 5 heteroatoms. The fraction of sp³-hybridized carbons (Fsp3) is 0.167. The highest BCUT2D eigenvalue weighted by molar-refractivity contribution is 5.95. The van der Waals surface area contributed by atoms with Crippen LogP contribution >= 0.6 is 0 Å². The summed E-state index contributed by atoms with van der Waals surface area (Å²) in [7, 11) is 0. The zero-order valence-electron chi connectivity index (χ0n) is 13.0.